The lowest BCUT2D eigenvalue weighted by molar-refractivity contribution is -0.128. The Morgan fingerprint density at radius 2 is 1.75 bits per heavy atom. The van der Waals surface area contributed by atoms with E-state index in [1.165, 1.54) is 24.4 Å². The van der Waals surface area contributed by atoms with E-state index in [4.69, 9.17) is 10.5 Å². The number of nitrogen functional groups attached to an aromatic ring is 1. The minimum absolute atomic E-state index is 0.103. The number of benzene rings is 1. The van der Waals surface area contributed by atoms with Gasteiger partial charge >= 0.3 is 12.3 Å². The Morgan fingerprint density at radius 1 is 1.11 bits per heavy atom. The number of rotatable bonds is 9. The van der Waals surface area contributed by atoms with E-state index in [9.17, 15) is 22.8 Å². The number of halogens is 3. The van der Waals surface area contributed by atoms with Gasteiger partial charge in [0.05, 0.1) is 25.3 Å². The lowest BCUT2D eigenvalue weighted by atomic mass is 10.0. The Morgan fingerprint density at radius 3 is 2.36 bits per heavy atom. The van der Waals surface area contributed by atoms with Gasteiger partial charge in [0, 0.05) is 36.9 Å². The summed E-state index contributed by atoms with van der Waals surface area (Å²) in [4.78, 5) is 35.0. The Labute approximate surface area is 210 Å². The molecule has 0 fully saturated rings. The summed E-state index contributed by atoms with van der Waals surface area (Å²) in [6, 6.07) is 8.68. The minimum atomic E-state index is -4.40. The van der Waals surface area contributed by atoms with Gasteiger partial charge in [0.25, 0.3) is 0 Å². The maximum atomic E-state index is 13.5. The minimum Gasteiger partial charge on any atom is -0.453 e. The van der Waals surface area contributed by atoms with Gasteiger partial charge in [-0.3, -0.25) is 14.7 Å². The van der Waals surface area contributed by atoms with Crippen molar-refractivity contribution >= 4 is 29.0 Å². The predicted molar refractivity (Wildman–Crippen MR) is 129 cm³/mol. The van der Waals surface area contributed by atoms with Crippen LogP contribution in [0.25, 0.3) is 0 Å². The number of amides is 2. The first-order valence-electron chi connectivity index (χ1n) is 10.9. The average Bonchev–Trinajstić information content (AvgIpc) is 3.29. The molecule has 192 valence electrons. The second-order valence-electron chi connectivity index (χ2n) is 8.12. The number of nitrogens with two attached hydrogens (primary N) is 1. The summed E-state index contributed by atoms with van der Waals surface area (Å²) in [5.74, 6) is -0.509. The number of hydrogen-bond donors (Lipinski definition) is 2. The van der Waals surface area contributed by atoms with Crippen LogP contribution in [0.1, 0.15) is 27.9 Å². The molecule has 36 heavy (non-hydrogen) atoms. The molecule has 1 aromatic carbocycles. The highest BCUT2D eigenvalue weighted by atomic mass is 32.1. The SMILES string of the molecule is COC(=O)N(C)[C@@H](Cc1ccncc1)C(=O)N[C@@H](Cc1ccc(N)cc1)c1csc(CC(F)(F)F)n1. The molecular formula is C24H26F3N5O3S. The smallest absolute Gasteiger partial charge is 0.409 e. The number of likely N-dealkylation sites (N-methyl/N-ethyl adjacent to an activating group) is 1. The van der Waals surface area contributed by atoms with Crippen molar-refractivity contribution in [3.63, 3.8) is 0 Å². The number of methoxy groups -OCH3 is 1. The van der Waals surface area contributed by atoms with Gasteiger partial charge in [-0.2, -0.15) is 13.2 Å². The average molecular weight is 522 g/mol. The van der Waals surface area contributed by atoms with Gasteiger partial charge in [-0.05, 0) is 41.8 Å². The van der Waals surface area contributed by atoms with Crippen LogP contribution in [-0.4, -0.2) is 53.2 Å². The number of nitrogens with one attached hydrogen (secondary N) is 1. The molecular weight excluding hydrogens is 495 g/mol. The van der Waals surface area contributed by atoms with Crippen molar-refractivity contribution in [1.29, 1.82) is 0 Å². The van der Waals surface area contributed by atoms with Gasteiger partial charge in [0.15, 0.2) is 0 Å². The lowest BCUT2D eigenvalue weighted by Gasteiger charge is -2.28. The molecule has 0 aliphatic carbocycles. The van der Waals surface area contributed by atoms with Gasteiger partial charge < -0.3 is 15.8 Å². The van der Waals surface area contributed by atoms with Crippen molar-refractivity contribution in [2.75, 3.05) is 19.9 Å². The zero-order valence-corrected chi connectivity index (χ0v) is 20.5. The van der Waals surface area contributed by atoms with Crippen molar-refractivity contribution in [3.8, 4) is 0 Å². The van der Waals surface area contributed by atoms with Crippen LogP contribution < -0.4 is 11.1 Å². The second kappa shape index (κ2) is 11.8. The van der Waals surface area contributed by atoms with Gasteiger partial charge in [-0.1, -0.05) is 12.1 Å². The first-order chi connectivity index (χ1) is 17.1. The normalized spacial score (nSPS) is 13.0. The van der Waals surface area contributed by atoms with E-state index in [1.807, 2.05) is 0 Å². The van der Waals surface area contributed by atoms with Gasteiger partial charge in [-0.15, -0.1) is 11.3 Å². The first-order valence-corrected chi connectivity index (χ1v) is 11.8. The summed E-state index contributed by atoms with van der Waals surface area (Å²) in [7, 11) is 2.65. The van der Waals surface area contributed by atoms with Crippen LogP contribution in [0.3, 0.4) is 0 Å². The number of nitrogens with zero attached hydrogens (tertiary/aromatic N) is 3. The van der Waals surface area contributed by atoms with Crippen LogP contribution >= 0.6 is 11.3 Å². The van der Waals surface area contributed by atoms with Crippen molar-refractivity contribution in [2.24, 2.45) is 0 Å². The zero-order valence-electron chi connectivity index (χ0n) is 19.7. The summed E-state index contributed by atoms with van der Waals surface area (Å²) in [5, 5.41) is 4.28. The topological polar surface area (TPSA) is 110 Å². The highest BCUT2D eigenvalue weighted by Crippen LogP contribution is 2.27. The maximum Gasteiger partial charge on any atom is 0.409 e. The molecule has 3 N–H and O–H groups in total. The zero-order chi connectivity index (χ0) is 26.3. The van der Waals surface area contributed by atoms with Crippen molar-refractivity contribution < 1.29 is 27.5 Å². The van der Waals surface area contributed by atoms with E-state index in [-0.39, 0.29) is 17.8 Å². The summed E-state index contributed by atoms with van der Waals surface area (Å²) >= 11 is 0.877. The van der Waals surface area contributed by atoms with Gasteiger partial charge in [0.2, 0.25) is 5.91 Å². The number of alkyl halides is 3. The Kier molecular flexibility index (Phi) is 8.86. The third kappa shape index (κ3) is 7.67. The molecule has 2 heterocycles. The Balaban J connectivity index is 1.89. The number of carbonyl (C=O) groups excluding carboxylic acids is 2. The lowest BCUT2D eigenvalue weighted by Crippen LogP contribution is -2.50. The molecule has 12 heteroatoms. The third-order valence-electron chi connectivity index (χ3n) is 5.43. The molecule has 0 unspecified atom stereocenters. The van der Waals surface area contributed by atoms with Crippen molar-refractivity contribution in [1.82, 2.24) is 20.2 Å². The van der Waals surface area contributed by atoms with Crippen LogP contribution in [0.2, 0.25) is 0 Å². The summed E-state index contributed by atoms with van der Waals surface area (Å²) in [5.41, 5.74) is 8.17. The standard InChI is InChI=1S/C24H26F3N5O3S/c1-32(23(34)35-2)20(12-16-7-9-29-10-8-16)22(33)31-18(11-15-3-5-17(28)6-4-15)19-14-36-21(30-19)13-24(25,26)27/h3-10,14,18,20H,11-13,28H2,1-2H3,(H,31,33)/t18-,20-/m0/s1. The van der Waals surface area contributed by atoms with E-state index >= 15 is 0 Å². The number of anilines is 1. The molecule has 0 radical (unpaired) electrons. The van der Waals surface area contributed by atoms with Crippen LogP contribution in [0, 0.1) is 0 Å². The molecule has 0 spiro atoms. The number of hydrogen-bond acceptors (Lipinski definition) is 7. The Bertz CT molecular complexity index is 1160. The summed E-state index contributed by atoms with van der Waals surface area (Å²) < 4.78 is 43.5. The molecule has 0 aliphatic heterocycles. The fraction of sp³-hybridized carbons (Fsp3) is 0.333. The van der Waals surface area contributed by atoms with E-state index in [2.05, 4.69) is 15.3 Å². The van der Waals surface area contributed by atoms with Crippen LogP contribution in [-0.2, 0) is 28.8 Å². The number of thiazole rings is 1. The third-order valence-corrected chi connectivity index (χ3v) is 6.29. The fourth-order valence-electron chi connectivity index (χ4n) is 3.54. The van der Waals surface area contributed by atoms with Crippen LogP contribution in [0.5, 0.6) is 0 Å². The van der Waals surface area contributed by atoms with Crippen molar-refractivity contribution in [3.05, 3.63) is 76.0 Å². The largest absolute Gasteiger partial charge is 0.453 e. The molecule has 2 atom stereocenters. The molecule has 8 nitrogen and oxygen atoms in total. The number of ether oxygens (including phenoxy) is 1. The monoisotopic (exact) mass is 521 g/mol. The maximum absolute atomic E-state index is 13.5. The number of carbonyl (C=O) groups is 2. The molecule has 0 saturated heterocycles. The molecule has 2 aromatic heterocycles. The highest BCUT2D eigenvalue weighted by Gasteiger charge is 2.32. The van der Waals surface area contributed by atoms with E-state index < -0.39 is 36.7 Å². The first kappa shape index (κ1) is 26.9. The quantitative estimate of drug-likeness (QED) is 0.413. The molecule has 0 saturated carbocycles. The van der Waals surface area contributed by atoms with E-state index in [0.29, 0.717) is 11.4 Å². The number of aromatic nitrogens is 2. The van der Waals surface area contributed by atoms with E-state index in [1.54, 1.807) is 48.8 Å². The van der Waals surface area contributed by atoms with Crippen LogP contribution in [0.4, 0.5) is 23.7 Å². The van der Waals surface area contributed by atoms with Gasteiger partial charge in [-0.25, -0.2) is 9.78 Å². The second-order valence-corrected chi connectivity index (χ2v) is 9.06. The highest BCUT2D eigenvalue weighted by molar-refractivity contribution is 7.09. The predicted octanol–water partition coefficient (Wildman–Crippen LogP) is 3.93. The fourth-order valence-corrected chi connectivity index (χ4v) is 4.42. The molecule has 3 rings (SSSR count). The molecule has 2 amide bonds. The molecule has 0 bridgehead atoms. The van der Waals surface area contributed by atoms with Gasteiger partial charge in [0.1, 0.15) is 11.0 Å². The number of pyridine rings is 1. The van der Waals surface area contributed by atoms with Crippen molar-refractivity contribution in [2.45, 2.75) is 37.5 Å². The summed E-state index contributed by atoms with van der Waals surface area (Å²) in [6.45, 7) is 0. The molecule has 3 aromatic rings. The molecule has 0 aliphatic rings. The van der Waals surface area contributed by atoms with Crippen LogP contribution in [0.15, 0.2) is 54.2 Å². The van der Waals surface area contributed by atoms with E-state index in [0.717, 1.165) is 22.5 Å². The summed E-state index contributed by atoms with van der Waals surface area (Å²) in [6.07, 6.45) is -2.69. The Hall–Kier alpha value is -3.67.